The topological polar surface area (TPSA) is 105 Å². The summed E-state index contributed by atoms with van der Waals surface area (Å²) in [6, 6.07) is 14.8. The Bertz CT molecular complexity index is 1150. The number of benzene rings is 2. The summed E-state index contributed by atoms with van der Waals surface area (Å²) in [6.07, 6.45) is 2.91. The van der Waals surface area contributed by atoms with Crippen molar-refractivity contribution in [3.63, 3.8) is 0 Å². The standard InChI is InChI=1S/C27H26N2O5/c1-2-3-12-24(25(30)28-18-14-13-17(15-18)26(31)32)29-27(33)34-16-23-21-10-6-4-8-19(21)20-9-5-7-11-22(20)23/h4-11,13-14,17-18,23-24H,12,15-16H2,1H3,(H,28,30)(H,29,33)(H,31,32). The van der Waals surface area contributed by atoms with Gasteiger partial charge in [-0.25, -0.2) is 4.79 Å². The molecule has 2 aromatic rings. The van der Waals surface area contributed by atoms with Crippen LogP contribution in [0.15, 0.2) is 60.7 Å². The number of alkyl carbamates (subject to hydrolysis) is 1. The van der Waals surface area contributed by atoms with E-state index < -0.39 is 36.0 Å². The second kappa shape index (κ2) is 10.3. The normalized spacial score (nSPS) is 18.7. The third kappa shape index (κ3) is 4.96. The predicted octanol–water partition coefficient (Wildman–Crippen LogP) is 3.45. The first-order valence-electron chi connectivity index (χ1n) is 11.2. The molecule has 0 radical (unpaired) electrons. The summed E-state index contributed by atoms with van der Waals surface area (Å²) < 4.78 is 5.55. The molecule has 0 aromatic heterocycles. The smallest absolute Gasteiger partial charge is 0.407 e. The molecule has 0 heterocycles. The molecule has 7 nitrogen and oxygen atoms in total. The molecule has 0 spiro atoms. The van der Waals surface area contributed by atoms with Crippen molar-refractivity contribution in [1.82, 2.24) is 10.6 Å². The van der Waals surface area contributed by atoms with E-state index in [2.05, 4.69) is 34.6 Å². The molecule has 34 heavy (non-hydrogen) atoms. The molecule has 2 aromatic carbocycles. The van der Waals surface area contributed by atoms with Gasteiger partial charge in [-0.3, -0.25) is 9.59 Å². The highest BCUT2D eigenvalue weighted by Crippen LogP contribution is 2.44. The van der Waals surface area contributed by atoms with Crippen molar-refractivity contribution < 1.29 is 24.2 Å². The molecular weight excluding hydrogens is 432 g/mol. The quantitative estimate of drug-likeness (QED) is 0.435. The van der Waals surface area contributed by atoms with Crippen LogP contribution in [-0.4, -0.2) is 41.8 Å². The molecule has 3 atom stereocenters. The van der Waals surface area contributed by atoms with E-state index in [1.807, 2.05) is 36.4 Å². The summed E-state index contributed by atoms with van der Waals surface area (Å²) in [5.74, 6) is 3.46. The van der Waals surface area contributed by atoms with Crippen LogP contribution in [0.5, 0.6) is 0 Å². The van der Waals surface area contributed by atoms with Crippen molar-refractivity contribution in [1.29, 1.82) is 0 Å². The molecule has 0 saturated heterocycles. The van der Waals surface area contributed by atoms with Crippen LogP contribution in [0.25, 0.3) is 11.1 Å². The maximum absolute atomic E-state index is 12.8. The van der Waals surface area contributed by atoms with Crippen molar-refractivity contribution in [2.24, 2.45) is 5.92 Å². The van der Waals surface area contributed by atoms with Crippen LogP contribution in [0, 0.1) is 17.8 Å². The average molecular weight is 459 g/mol. The van der Waals surface area contributed by atoms with Crippen LogP contribution in [0.2, 0.25) is 0 Å². The van der Waals surface area contributed by atoms with Crippen LogP contribution >= 0.6 is 0 Å². The Hall–Kier alpha value is -4.05. The number of hydrogen-bond donors (Lipinski definition) is 3. The van der Waals surface area contributed by atoms with Gasteiger partial charge < -0.3 is 20.5 Å². The van der Waals surface area contributed by atoms with E-state index in [1.165, 1.54) is 0 Å². The summed E-state index contributed by atoms with van der Waals surface area (Å²) >= 11 is 0. The van der Waals surface area contributed by atoms with Crippen molar-refractivity contribution in [2.75, 3.05) is 6.61 Å². The largest absolute Gasteiger partial charge is 0.481 e. The zero-order valence-corrected chi connectivity index (χ0v) is 18.8. The molecule has 2 aliphatic rings. The number of hydrogen-bond acceptors (Lipinski definition) is 4. The minimum atomic E-state index is -0.932. The number of carbonyl (C=O) groups is 3. The number of rotatable bonds is 7. The van der Waals surface area contributed by atoms with Crippen molar-refractivity contribution >= 4 is 18.0 Å². The van der Waals surface area contributed by atoms with E-state index in [9.17, 15) is 14.4 Å². The maximum Gasteiger partial charge on any atom is 0.407 e. The first kappa shape index (κ1) is 23.1. The van der Waals surface area contributed by atoms with Gasteiger partial charge in [-0.15, -0.1) is 11.8 Å². The molecule has 2 amide bonds. The summed E-state index contributed by atoms with van der Waals surface area (Å²) in [7, 11) is 0. The van der Waals surface area contributed by atoms with Gasteiger partial charge in [-0.1, -0.05) is 60.7 Å². The van der Waals surface area contributed by atoms with Crippen LogP contribution in [0.1, 0.15) is 36.8 Å². The van der Waals surface area contributed by atoms with Crippen LogP contribution in [-0.2, 0) is 14.3 Å². The van der Waals surface area contributed by atoms with E-state index in [-0.39, 0.29) is 25.4 Å². The highest BCUT2D eigenvalue weighted by Gasteiger charge is 2.31. The van der Waals surface area contributed by atoms with Gasteiger partial charge in [-0.2, -0.15) is 0 Å². The fourth-order valence-corrected chi connectivity index (χ4v) is 4.47. The molecule has 2 aliphatic carbocycles. The Balaban J connectivity index is 1.38. The van der Waals surface area contributed by atoms with Crippen molar-refractivity contribution in [2.45, 2.75) is 37.8 Å². The van der Waals surface area contributed by atoms with E-state index in [0.29, 0.717) is 0 Å². The second-order valence-corrected chi connectivity index (χ2v) is 8.33. The highest BCUT2D eigenvalue weighted by molar-refractivity contribution is 5.86. The summed E-state index contributed by atoms with van der Waals surface area (Å²) in [4.78, 5) is 36.5. The first-order chi connectivity index (χ1) is 16.5. The Morgan fingerprint density at radius 3 is 2.29 bits per heavy atom. The average Bonchev–Trinajstić information content (AvgIpc) is 3.43. The van der Waals surface area contributed by atoms with Gasteiger partial charge in [-0.05, 0) is 35.6 Å². The van der Waals surface area contributed by atoms with Gasteiger partial charge in [0.15, 0.2) is 0 Å². The highest BCUT2D eigenvalue weighted by atomic mass is 16.5. The van der Waals surface area contributed by atoms with Crippen LogP contribution in [0.3, 0.4) is 0 Å². The lowest BCUT2D eigenvalue weighted by atomic mass is 9.98. The number of ether oxygens (including phenoxy) is 1. The zero-order valence-electron chi connectivity index (χ0n) is 18.8. The Kier molecular flexibility index (Phi) is 6.98. The lowest BCUT2D eigenvalue weighted by Gasteiger charge is -2.20. The van der Waals surface area contributed by atoms with Gasteiger partial charge >= 0.3 is 12.1 Å². The van der Waals surface area contributed by atoms with Crippen LogP contribution < -0.4 is 10.6 Å². The van der Waals surface area contributed by atoms with E-state index >= 15 is 0 Å². The first-order valence-corrected chi connectivity index (χ1v) is 11.2. The zero-order chi connectivity index (χ0) is 24.1. The minimum absolute atomic E-state index is 0.0857. The molecule has 4 rings (SSSR count). The molecule has 0 aliphatic heterocycles. The molecule has 174 valence electrons. The summed E-state index contributed by atoms with van der Waals surface area (Å²) in [5.41, 5.74) is 4.46. The van der Waals surface area contributed by atoms with E-state index in [0.717, 1.165) is 22.3 Å². The fraction of sp³-hybridized carbons (Fsp3) is 0.296. The number of aliphatic carboxylic acids is 1. The fourth-order valence-electron chi connectivity index (χ4n) is 4.47. The minimum Gasteiger partial charge on any atom is -0.481 e. The van der Waals surface area contributed by atoms with E-state index in [4.69, 9.17) is 9.84 Å². The summed E-state index contributed by atoms with van der Waals surface area (Å²) in [5, 5.41) is 14.5. The SMILES string of the molecule is CC#CCC(NC(=O)OCC1c2ccccc2-c2ccccc21)C(=O)NC1C=CC(C(=O)O)C1. The number of nitrogens with one attached hydrogen (secondary N) is 2. The number of carbonyl (C=O) groups excluding carboxylic acids is 2. The monoisotopic (exact) mass is 458 g/mol. The molecule has 7 heteroatoms. The van der Waals surface area contributed by atoms with Crippen molar-refractivity contribution in [3.8, 4) is 23.0 Å². The van der Waals surface area contributed by atoms with Gasteiger partial charge in [0.25, 0.3) is 0 Å². The molecule has 0 fully saturated rings. The van der Waals surface area contributed by atoms with Gasteiger partial charge in [0.05, 0.1) is 5.92 Å². The van der Waals surface area contributed by atoms with Crippen LogP contribution in [0.4, 0.5) is 4.79 Å². The Labute approximate surface area is 198 Å². The van der Waals surface area contributed by atoms with Gasteiger partial charge in [0, 0.05) is 18.4 Å². The Morgan fingerprint density at radius 1 is 1.06 bits per heavy atom. The molecule has 3 N–H and O–H groups in total. The number of fused-ring (bicyclic) bond motifs is 3. The van der Waals surface area contributed by atoms with E-state index in [1.54, 1.807) is 19.1 Å². The van der Waals surface area contributed by atoms with Gasteiger partial charge in [0.2, 0.25) is 5.91 Å². The maximum atomic E-state index is 12.8. The summed E-state index contributed by atoms with van der Waals surface area (Å²) in [6.45, 7) is 1.79. The molecular formula is C27H26N2O5. The molecule has 3 unspecified atom stereocenters. The lowest BCUT2D eigenvalue weighted by molar-refractivity contribution is -0.140. The third-order valence-electron chi connectivity index (χ3n) is 6.16. The number of carboxylic acids is 1. The second-order valence-electron chi connectivity index (χ2n) is 8.33. The Morgan fingerprint density at radius 2 is 1.71 bits per heavy atom. The lowest BCUT2D eigenvalue weighted by Crippen LogP contribution is -2.49. The number of carboxylic acid groups (broad SMARTS) is 1. The van der Waals surface area contributed by atoms with Gasteiger partial charge in [0.1, 0.15) is 12.6 Å². The molecule has 0 bridgehead atoms. The number of amides is 2. The third-order valence-corrected chi connectivity index (χ3v) is 6.16. The molecule has 0 saturated carbocycles. The predicted molar refractivity (Wildman–Crippen MR) is 127 cm³/mol. The van der Waals surface area contributed by atoms with Crippen molar-refractivity contribution in [3.05, 3.63) is 71.8 Å².